The van der Waals surface area contributed by atoms with Crippen molar-refractivity contribution in [1.29, 1.82) is 0 Å². The second-order valence-electron chi connectivity index (χ2n) is 10.3. The molecule has 0 radical (unpaired) electrons. The molecule has 0 aliphatic rings. The SMILES string of the molecule is COc1cccc(C(C(c2ccccc2)[Si](C)(C)c2ccccc2)[Si](C)(C)c2ccccc2)c1. The van der Waals surface area contributed by atoms with Gasteiger partial charge in [0.2, 0.25) is 0 Å². The summed E-state index contributed by atoms with van der Waals surface area (Å²) in [5.74, 6) is 0.936. The number of benzene rings is 4. The molecule has 2 unspecified atom stereocenters. The van der Waals surface area contributed by atoms with Crippen LogP contribution < -0.4 is 15.1 Å². The van der Waals surface area contributed by atoms with Gasteiger partial charge in [-0.1, -0.05) is 140 Å². The standard InChI is InChI=1S/C31H36OSi2/c1-32-27-19-15-18-26(24-27)31(34(4,5)29-22-13-8-14-23-29)30(25-16-9-6-10-17-25)33(2,3)28-20-11-7-12-21-28/h6-24,30-31H,1-5H3. The van der Waals surface area contributed by atoms with Gasteiger partial charge in [0.15, 0.2) is 0 Å². The molecule has 0 bridgehead atoms. The van der Waals surface area contributed by atoms with Gasteiger partial charge in [0.25, 0.3) is 0 Å². The third kappa shape index (κ3) is 4.82. The number of methoxy groups -OCH3 is 1. The minimum Gasteiger partial charge on any atom is -0.497 e. The Morgan fingerprint density at radius 1 is 0.500 bits per heavy atom. The lowest BCUT2D eigenvalue weighted by molar-refractivity contribution is 0.414. The van der Waals surface area contributed by atoms with Crippen LogP contribution in [0.15, 0.2) is 115 Å². The topological polar surface area (TPSA) is 9.23 Å². The van der Waals surface area contributed by atoms with E-state index in [1.165, 1.54) is 21.5 Å². The van der Waals surface area contributed by atoms with Crippen molar-refractivity contribution < 1.29 is 4.74 Å². The van der Waals surface area contributed by atoms with Gasteiger partial charge in [-0.2, -0.15) is 0 Å². The molecule has 0 aliphatic carbocycles. The van der Waals surface area contributed by atoms with Gasteiger partial charge in [0.1, 0.15) is 5.75 Å². The van der Waals surface area contributed by atoms with E-state index >= 15 is 0 Å². The summed E-state index contributed by atoms with van der Waals surface area (Å²) in [6.07, 6.45) is 0. The maximum atomic E-state index is 5.71. The normalized spacial score (nSPS) is 13.8. The van der Waals surface area contributed by atoms with Crippen molar-refractivity contribution in [3.8, 4) is 5.75 Å². The molecule has 0 aromatic heterocycles. The van der Waals surface area contributed by atoms with Crippen LogP contribution in [0.2, 0.25) is 26.2 Å². The highest BCUT2D eigenvalue weighted by atomic mass is 28.3. The van der Waals surface area contributed by atoms with Gasteiger partial charge in [-0.05, 0) is 34.3 Å². The van der Waals surface area contributed by atoms with Gasteiger partial charge in [0.05, 0.1) is 23.3 Å². The van der Waals surface area contributed by atoms with Gasteiger partial charge in [-0.15, -0.1) is 0 Å². The van der Waals surface area contributed by atoms with E-state index in [9.17, 15) is 0 Å². The Balaban J connectivity index is 2.00. The summed E-state index contributed by atoms with van der Waals surface area (Å²) in [6, 6.07) is 42.5. The Morgan fingerprint density at radius 2 is 0.912 bits per heavy atom. The lowest BCUT2D eigenvalue weighted by Gasteiger charge is -2.46. The van der Waals surface area contributed by atoms with Gasteiger partial charge >= 0.3 is 0 Å². The zero-order valence-corrected chi connectivity index (χ0v) is 23.0. The van der Waals surface area contributed by atoms with Gasteiger partial charge in [-0.25, -0.2) is 0 Å². The van der Waals surface area contributed by atoms with E-state index in [4.69, 9.17) is 4.74 Å². The van der Waals surface area contributed by atoms with Crippen LogP contribution in [0.5, 0.6) is 5.75 Å². The molecule has 0 aliphatic heterocycles. The zero-order valence-electron chi connectivity index (χ0n) is 21.0. The smallest absolute Gasteiger partial charge is 0.119 e. The Kier molecular flexibility index (Phi) is 7.25. The van der Waals surface area contributed by atoms with Crippen LogP contribution in [0, 0.1) is 0 Å². The largest absolute Gasteiger partial charge is 0.497 e. The fourth-order valence-corrected chi connectivity index (χ4v) is 15.1. The molecule has 0 saturated carbocycles. The quantitative estimate of drug-likeness (QED) is 0.250. The molecule has 0 saturated heterocycles. The molecule has 1 nitrogen and oxygen atoms in total. The van der Waals surface area contributed by atoms with E-state index in [0.29, 0.717) is 11.1 Å². The van der Waals surface area contributed by atoms with Crippen molar-refractivity contribution >= 4 is 26.5 Å². The summed E-state index contributed by atoms with van der Waals surface area (Å²) < 4.78 is 5.71. The number of hydrogen-bond acceptors (Lipinski definition) is 1. The molecular formula is C31H36OSi2. The molecule has 34 heavy (non-hydrogen) atoms. The summed E-state index contributed by atoms with van der Waals surface area (Å²) >= 11 is 0. The Bertz CT molecular complexity index is 1190. The van der Waals surface area contributed by atoms with E-state index in [1.54, 1.807) is 7.11 Å². The molecule has 174 valence electrons. The first-order chi connectivity index (χ1) is 16.4. The average Bonchev–Trinajstić information content (AvgIpc) is 2.88. The summed E-state index contributed by atoms with van der Waals surface area (Å²) in [6.45, 7) is 10.2. The first-order valence-electron chi connectivity index (χ1n) is 12.2. The van der Waals surface area contributed by atoms with Crippen molar-refractivity contribution in [2.75, 3.05) is 7.11 Å². The van der Waals surface area contributed by atoms with Crippen LogP contribution in [-0.4, -0.2) is 23.3 Å². The minimum absolute atomic E-state index is 0.397. The second kappa shape index (κ2) is 10.2. The van der Waals surface area contributed by atoms with E-state index in [0.717, 1.165) is 5.75 Å². The first-order valence-corrected chi connectivity index (χ1v) is 18.3. The van der Waals surface area contributed by atoms with Crippen molar-refractivity contribution in [3.63, 3.8) is 0 Å². The predicted octanol–water partition coefficient (Wildman–Crippen LogP) is 6.87. The summed E-state index contributed by atoms with van der Waals surface area (Å²) in [5, 5.41) is 3.01. The van der Waals surface area contributed by atoms with Gasteiger partial charge < -0.3 is 4.74 Å². The Labute approximate surface area is 207 Å². The summed E-state index contributed by atoms with van der Waals surface area (Å²) in [4.78, 5) is 0. The minimum atomic E-state index is -1.99. The number of ether oxygens (including phenoxy) is 1. The van der Waals surface area contributed by atoms with Crippen LogP contribution >= 0.6 is 0 Å². The summed E-state index contributed by atoms with van der Waals surface area (Å²) in [5.41, 5.74) is 3.66. The maximum Gasteiger partial charge on any atom is 0.119 e. The van der Waals surface area contributed by atoms with Gasteiger partial charge in [-0.3, -0.25) is 0 Å². The highest BCUT2D eigenvalue weighted by molar-refractivity contribution is 6.96. The summed E-state index contributed by atoms with van der Waals surface area (Å²) in [7, 11) is -2.20. The molecule has 0 spiro atoms. The van der Waals surface area contributed by atoms with Crippen LogP contribution in [0.4, 0.5) is 0 Å². The molecule has 0 amide bonds. The highest BCUT2D eigenvalue weighted by Crippen LogP contribution is 2.45. The molecule has 0 heterocycles. The fourth-order valence-electron chi connectivity index (χ4n) is 5.64. The Hall–Kier alpha value is -2.89. The first kappa shape index (κ1) is 24.2. The average molecular weight is 481 g/mol. The number of hydrogen-bond donors (Lipinski definition) is 0. The zero-order chi connectivity index (χ0) is 24.2. The third-order valence-electron chi connectivity index (χ3n) is 7.54. The molecule has 0 N–H and O–H groups in total. The molecule has 4 rings (SSSR count). The van der Waals surface area contributed by atoms with Crippen molar-refractivity contribution in [2.45, 2.75) is 37.3 Å². The molecule has 3 heteroatoms. The Morgan fingerprint density at radius 3 is 1.38 bits per heavy atom. The lowest BCUT2D eigenvalue weighted by atomic mass is 10.0. The van der Waals surface area contributed by atoms with Crippen LogP contribution in [0.3, 0.4) is 0 Å². The third-order valence-corrected chi connectivity index (χ3v) is 16.0. The highest BCUT2D eigenvalue weighted by Gasteiger charge is 2.48. The van der Waals surface area contributed by atoms with Crippen LogP contribution in [-0.2, 0) is 0 Å². The molecular weight excluding hydrogens is 445 g/mol. The maximum absolute atomic E-state index is 5.71. The lowest BCUT2D eigenvalue weighted by Crippen LogP contribution is -2.58. The van der Waals surface area contributed by atoms with Crippen molar-refractivity contribution in [1.82, 2.24) is 0 Å². The van der Waals surface area contributed by atoms with E-state index in [-0.39, 0.29) is 0 Å². The van der Waals surface area contributed by atoms with E-state index in [2.05, 4.69) is 141 Å². The molecule has 0 fully saturated rings. The van der Waals surface area contributed by atoms with Crippen molar-refractivity contribution in [2.24, 2.45) is 0 Å². The van der Waals surface area contributed by atoms with E-state index < -0.39 is 16.1 Å². The van der Waals surface area contributed by atoms with Gasteiger partial charge in [0, 0.05) is 0 Å². The second-order valence-corrected chi connectivity index (χ2v) is 19.6. The predicted molar refractivity (Wildman–Crippen MR) is 152 cm³/mol. The molecule has 4 aromatic rings. The molecule has 4 aromatic carbocycles. The van der Waals surface area contributed by atoms with E-state index in [1.807, 2.05) is 0 Å². The monoisotopic (exact) mass is 480 g/mol. The molecule has 2 atom stereocenters. The number of rotatable bonds is 8. The fraction of sp³-hybridized carbons (Fsp3) is 0.226. The van der Waals surface area contributed by atoms with Crippen LogP contribution in [0.25, 0.3) is 0 Å². The van der Waals surface area contributed by atoms with Crippen molar-refractivity contribution in [3.05, 3.63) is 126 Å². The van der Waals surface area contributed by atoms with Crippen LogP contribution in [0.1, 0.15) is 22.2 Å².